The molecule has 0 aliphatic heterocycles. The number of rotatable bonds is 4. The first-order chi connectivity index (χ1) is 13.1. The van der Waals surface area contributed by atoms with Crippen molar-refractivity contribution in [3.8, 4) is 11.3 Å². The molecule has 4 rings (SSSR count). The second-order valence-electron chi connectivity index (χ2n) is 6.31. The third-order valence-corrected chi connectivity index (χ3v) is 4.47. The van der Waals surface area contributed by atoms with Gasteiger partial charge in [0.1, 0.15) is 0 Å². The molecule has 0 radical (unpaired) electrons. The minimum absolute atomic E-state index is 0.354. The van der Waals surface area contributed by atoms with Crippen LogP contribution in [0.3, 0.4) is 0 Å². The van der Waals surface area contributed by atoms with E-state index in [0.717, 1.165) is 11.1 Å². The van der Waals surface area contributed by atoms with Gasteiger partial charge in [-0.05, 0) is 17.2 Å². The molecule has 27 heavy (non-hydrogen) atoms. The van der Waals surface area contributed by atoms with E-state index in [0.29, 0.717) is 11.3 Å². The average molecular weight is 358 g/mol. The van der Waals surface area contributed by atoms with Crippen LogP contribution in [0.15, 0.2) is 88.7 Å². The number of hydrogen-bond acceptors (Lipinski definition) is 3. The molecular weight excluding hydrogens is 340 g/mol. The van der Waals surface area contributed by atoms with E-state index in [1.54, 1.807) is 34.8 Å². The standard InChI is InChI=1S/C21H18N4O2/c1-24-13-12-18(23-24)17-14-25(21(27)22-20(17)26)19(15-8-4-2-5-9-15)16-10-6-3-7-11-16/h2-14,19H,1H3,(H,22,26,27). The Morgan fingerprint density at radius 2 is 1.48 bits per heavy atom. The monoisotopic (exact) mass is 358 g/mol. The van der Waals surface area contributed by atoms with Crippen LogP contribution < -0.4 is 11.2 Å². The van der Waals surface area contributed by atoms with Gasteiger partial charge in [-0.3, -0.25) is 19.0 Å². The van der Waals surface area contributed by atoms with Crippen molar-refractivity contribution in [2.75, 3.05) is 0 Å². The predicted octanol–water partition coefficient (Wildman–Crippen LogP) is 2.57. The van der Waals surface area contributed by atoms with Crippen LogP contribution in [0.2, 0.25) is 0 Å². The maximum atomic E-state index is 12.7. The Morgan fingerprint density at radius 3 is 2.00 bits per heavy atom. The topological polar surface area (TPSA) is 72.7 Å². The molecule has 0 atom stereocenters. The van der Waals surface area contributed by atoms with Gasteiger partial charge in [0.15, 0.2) is 0 Å². The van der Waals surface area contributed by atoms with E-state index in [-0.39, 0.29) is 6.04 Å². The molecule has 0 amide bonds. The fraction of sp³-hybridized carbons (Fsp3) is 0.0952. The van der Waals surface area contributed by atoms with E-state index in [2.05, 4.69) is 10.1 Å². The number of aromatic amines is 1. The van der Waals surface area contributed by atoms with Crippen molar-refractivity contribution in [1.29, 1.82) is 0 Å². The normalized spacial score (nSPS) is 11.0. The number of nitrogens with one attached hydrogen (secondary N) is 1. The summed E-state index contributed by atoms with van der Waals surface area (Å²) in [5.41, 5.74) is 1.86. The molecule has 0 aliphatic carbocycles. The zero-order valence-electron chi connectivity index (χ0n) is 14.7. The lowest BCUT2D eigenvalue weighted by Gasteiger charge is -2.21. The van der Waals surface area contributed by atoms with E-state index in [9.17, 15) is 9.59 Å². The quantitative estimate of drug-likeness (QED) is 0.609. The first-order valence-corrected chi connectivity index (χ1v) is 8.59. The predicted molar refractivity (Wildman–Crippen MR) is 104 cm³/mol. The average Bonchev–Trinajstić information content (AvgIpc) is 3.11. The lowest BCUT2D eigenvalue weighted by molar-refractivity contribution is 0.627. The SMILES string of the molecule is Cn1ccc(-c2cn(C(c3ccccc3)c3ccccc3)c(=O)[nH]c2=O)n1. The minimum Gasteiger partial charge on any atom is -0.288 e. The fourth-order valence-electron chi connectivity index (χ4n) is 3.20. The number of nitrogens with zero attached hydrogens (tertiary/aromatic N) is 3. The highest BCUT2D eigenvalue weighted by atomic mass is 16.2. The van der Waals surface area contributed by atoms with Gasteiger partial charge in [0, 0.05) is 19.4 Å². The lowest BCUT2D eigenvalue weighted by atomic mass is 9.98. The van der Waals surface area contributed by atoms with Crippen molar-refractivity contribution in [2.24, 2.45) is 7.05 Å². The van der Waals surface area contributed by atoms with Crippen molar-refractivity contribution >= 4 is 0 Å². The van der Waals surface area contributed by atoms with Crippen LogP contribution >= 0.6 is 0 Å². The highest BCUT2D eigenvalue weighted by molar-refractivity contribution is 5.56. The van der Waals surface area contributed by atoms with E-state index in [1.165, 1.54) is 0 Å². The van der Waals surface area contributed by atoms with E-state index >= 15 is 0 Å². The molecule has 2 aromatic heterocycles. The summed E-state index contributed by atoms with van der Waals surface area (Å²) in [6.07, 6.45) is 3.35. The highest BCUT2D eigenvalue weighted by Gasteiger charge is 2.20. The van der Waals surface area contributed by atoms with Crippen LogP contribution in [0.4, 0.5) is 0 Å². The van der Waals surface area contributed by atoms with Gasteiger partial charge in [-0.2, -0.15) is 5.10 Å². The first kappa shape index (κ1) is 16.8. The van der Waals surface area contributed by atoms with Crippen LogP contribution in [0.25, 0.3) is 11.3 Å². The van der Waals surface area contributed by atoms with E-state index in [4.69, 9.17) is 0 Å². The molecule has 0 saturated carbocycles. The summed E-state index contributed by atoms with van der Waals surface area (Å²) < 4.78 is 3.17. The third-order valence-electron chi connectivity index (χ3n) is 4.47. The molecule has 2 aromatic carbocycles. The Hall–Kier alpha value is -3.67. The zero-order chi connectivity index (χ0) is 18.8. The van der Waals surface area contributed by atoms with Gasteiger partial charge in [-0.1, -0.05) is 60.7 Å². The van der Waals surface area contributed by atoms with Gasteiger partial charge in [0.25, 0.3) is 5.56 Å². The molecule has 0 spiro atoms. The van der Waals surface area contributed by atoms with Crippen molar-refractivity contribution in [3.05, 3.63) is 111 Å². The number of aromatic nitrogens is 4. The fourth-order valence-corrected chi connectivity index (χ4v) is 3.20. The molecule has 0 aliphatic rings. The Labute approximate surface area is 155 Å². The molecule has 0 fully saturated rings. The van der Waals surface area contributed by atoms with E-state index in [1.807, 2.05) is 60.7 Å². The summed E-state index contributed by atoms with van der Waals surface area (Å²) >= 11 is 0. The van der Waals surface area contributed by atoms with Crippen LogP contribution in [0.5, 0.6) is 0 Å². The Morgan fingerprint density at radius 1 is 0.889 bits per heavy atom. The molecule has 0 unspecified atom stereocenters. The Balaban J connectivity index is 1.95. The van der Waals surface area contributed by atoms with Gasteiger partial charge in [0.2, 0.25) is 0 Å². The number of benzene rings is 2. The minimum atomic E-state index is -0.461. The third kappa shape index (κ3) is 3.25. The Bertz CT molecular complexity index is 1130. The molecule has 6 nitrogen and oxygen atoms in total. The number of aryl methyl sites for hydroxylation is 1. The summed E-state index contributed by atoms with van der Waals surface area (Å²) in [5.74, 6) is 0. The lowest BCUT2D eigenvalue weighted by Crippen LogP contribution is -2.33. The largest absolute Gasteiger partial charge is 0.329 e. The van der Waals surface area contributed by atoms with Gasteiger partial charge < -0.3 is 0 Å². The molecular formula is C21H18N4O2. The number of hydrogen-bond donors (Lipinski definition) is 1. The van der Waals surface area contributed by atoms with Crippen molar-refractivity contribution in [3.63, 3.8) is 0 Å². The van der Waals surface area contributed by atoms with Gasteiger partial charge in [-0.15, -0.1) is 0 Å². The molecule has 0 bridgehead atoms. The summed E-state index contributed by atoms with van der Waals surface area (Å²) in [4.78, 5) is 27.5. The van der Waals surface area contributed by atoms with Crippen LogP contribution in [-0.2, 0) is 7.05 Å². The summed E-state index contributed by atoms with van der Waals surface area (Å²) in [5, 5.41) is 4.30. The summed E-state index contributed by atoms with van der Waals surface area (Å²) in [7, 11) is 1.78. The molecule has 134 valence electrons. The smallest absolute Gasteiger partial charge is 0.288 e. The summed E-state index contributed by atoms with van der Waals surface area (Å²) in [6.45, 7) is 0. The maximum absolute atomic E-state index is 12.7. The van der Waals surface area contributed by atoms with Gasteiger partial charge >= 0.3 is 5.69 Å². The summed E-state index contributed by atoms with van der Waals surface area (Å²) in [6, 6.07) is 20.9. The van der Waals surface area contributed by atoms with Crippen LogP contribution in [0, 0.1) is 0 Å². The first-order valence-electron chi connectivity index (χ1n) is 8.59. The van der Waals surface area contributed by atoms with Gasteiger partial charge in [0.05, 0.1) is 17.3 Å². The molecule has 6 heteroatoms. The Kier molecular flexibility index (Phi) is 4.30. The van der Waals surface area contributed by atoms with Crippen molar-refractivity contribution in [1.82, 2.24) is 19.3 Å². The van der Waals surface area contributed by atoms with Crippen LogP contribution in [0.1, 0.15) is 17.2 Å². The molecule has 0 saturated heterocycles. The number of H-pyrrole nitrogens is 1. The second kappa shape index (κ2) is 6.92. The van der Waals surface area contributed by atoms with Crippen molar-refractivity contribution < 1.29 is 0 Å². The molecule has 4 aromatic rings. The van der Waals surface area contributed by atoms with Crippen molar-refractivity contribution in [2.45, 2.75) is 6.04 Å². The second-order valence-corrected chi connectivity index (χ2v) is 6.31. The van der Waals surface area contributed by atoms with Crippen LogP contribution in [-0.4, -0.2) is 19.3 Å². The van der Waals surface area contributed by atoms with E-state index < -0.39 is 11.2 Å². The highest BCUT2D eigenvalue weighted by Crippen LogP contribution is 2.25. The molecule has 2 heterocycles. The maximum Gasteiger partial charge on any atom is 0.329 e. The molecule has 1 N–H and O–H groups in total. The van der Waals surface area contributed by atoms with Gasteiger partial charge in [-0.25, -0.2) is 4.79 Å². The zero-order valence-corrected chi connectivity index (χ0v) is 14.7.